The van der Waals surface area contributed by atoms with Crippen LogP contribution in [0.3, 0.4) is 0 Å². The van der Waals surface area contributed by atoms with Gasteiger partial charge in [0.2, 0.25) is 0 Å². The highest BCUT2D eigenvalue weighted by atomic mass is 127. The lowest BCUT2D eigenvalue weighted by Gasteiger charge is -2.26. The molecule has 0 aliphatic rings. The molecule has 1 atom stereocenters. The second-order valence-corrected chi connectivity index (χ2v) is 6.30. The smallest absolute Gasteiger partial charge is 0.191 e. The van der Waals surface area contributed by atoms with Crippen molar-refractivity contribution in [2.75, 3.05) is 33.7 Å². The number of halogens is 1. The number of aliphatic imine (C=N–C) groups is 1. The van der Waals surface area contributed by atoms with Crippen LogP contribution in [-0.4, -0.2) is 50.6 Å². The van der Waals surface area contributed by atoms with Gasteiger partial charge in [0.1, 0.15) is 0 Å². The molecule has 2 N–H and O–H groups in total. The summed E-state index contributed by atoms with van der Waals surface area (Å²) in [5, 5.41) is 6.79. The van der Waals surface area contributed by atoms with Crippen LogP contribution < -0.4 is 10.6 Å². The zero-order valence-electron chi connectivity index (χ0n) is 15.2. The van der Waals surface area contributed by atoms with Gasteiger partial charge in [-0.1, -0.05) is 44.2 Å². The molecule has 0 spiro atoms. The lowest BCUT2D eigenvalue weighted by molar-refractivity contribution is 0.290. The zero-order chi connectivity index (χ0) is 16.4. The number of rotatable bonds is 8. The van der Waals surface area contributed by atoms with Gasteiger partial charge in [-0.25, -0.2) is 0 Å². The summed E-state index contributed by atoms with van der Waals surface area (Å²) in [6, 6.07) is 11.1. The highest BCUT2D eigenvalue weighted by Gasteiger charge is 2.13. The molecule has 0 aliphatic heterocycles. The van der Waals surface area contributed by atoms with Crippen LogP contribution in [-0.2, 0) is 6.42 Å². The fourth-order valence-corrected chi connectivity index (χ4v) is 2.15. The van der Waals surface area contributed by atoms with Gasteiger partial charge in [-0.2, -0.15) is 0 Å². The lowest BCUT2D eigenvalue weighted by Crippen LogP contribution is -2.46. The Balaban J connectivity index is 0.00000484. The van der Waals surface area contributed by atoms with Gasteiger partial charge in [-0.3, -0.25) is 4.99 Å². The van der Waals surface area contributed by atoms with E-state index in [9.17, 15) is 0 Å². The Hall–Kier alpha value is -0.820. The zero-order valence-corrected chi connectivity index (χ0v) is 17.5. The van der Waals surface area contributed by atoms with E-state index in [1.165, 1.54) is 5.56 Å². The third-order valence-electron chi connectivity index (χ3n) is 3.51. The molecule has 0 saturated carbocycles. The third kappa shape index (κ3) is 9.81. The van der Waals surface area contributed by atoms with Crippen LogP contribution in [0.15, 0.2) is 35.3 Å². The summed E-state index contributed by atoms with van der Waals surface area (Å²) < 4.78 is 0. The number of hydrogen-bond acceptors (Lipinski definition) is 2. The Labute approximate surface area is 159 Å². The van der Waals surface area contributed by atoms with Gasteiger partial charge in [-0.15, -0.1) is 24.0 Å². The monoisotopic (exact) mass is 432 g/mol. The first-order valence-electron chi connectivity index (χ1n) is 8.25. The van der Waals surface area contributed by atoms with Gasteiger partial charge < -0.3 is 15.5 Å². The van der Waals surface area contributed by atoms with E-state index in [0.717, 1.165) is 32.0 Å². The highest BCUT2D eigenvalue weighted by molar-refractivity contribution is 14.0. The molecule has 1 aromatic rings. The second-order valence-electron chi connectivity index (χ2n) is 6.30. The van der Waals surface area contributed by atoms with E-state index in [0.29, 0.717) is 12.0 Å². The van der Waals surface area contributed by atoms with E-state index in [1.54, 1.807) is 0 Å². The van der Waals surface area contributed by atoms with Crippen molar-refractivity contribution in [2.24, 2.45) is 10.9 Å². The fourth-order valence-electron chi connectivity index (χ4n) is 2.15. The molecular formula is C18H33IN4. The Morgan fingerprint density at radius 3 is 2.30 bits per heavy atom. The number of nitrogens with one attached hydrogen (secondary N) is 2. The topological polar surface area (TPSA) is 39.7 Å². The van der Waals surface area contributed by atoms with Gasteiger partial charge in [0.05, 0.1) is 0 Å². The van der Waals surface area contributed by atoms with Crippen molar-refractivity contribution in [3.63, 3.8) is 0 Å². The first-order valence-corrected chi connectivity index (χ1v) is 8.25. The molecule has 0 amide bonds. The van der Waals surface area contributed by atoms with Crippen LogP contribution in [0.1, 0.15) is 26.3 Å². The Morgan fingerprint density at radius 1 is 1.13 bits per heavy atom. The number of benzene rings is 1. The van der Waals surface area contributed by atoms with E-state index in [-0.39, 0.29) is 24.0 Å². The minimum atomic E-state index is 0. The summed E-state index contributed by atoms with van der Waals surface area (Å²) in [7, 11) is 4.26. The van der Waals surface area contributed by atoms with Crippen LogP contribution in [0.5, 0.6) is 0 Å². The minimum absolute atomic E-state index is 0. The molecule has 0 bridgehead atoms. The predicted octanol–water partition coefficient (Wildman–Crippen LogP) is 2.99. The summed E-state index contributed by atoms with van der Waals surface area (Å²) in [6.45, 7) is 9.08. The number of guanidine groups is 1. The van der Waals surface area contributed by atoms with E-state index < -0.39 is 0 Å². The minimum Gasteiger partial charge on any atom is -0.357 e. The molecule has 0 aromatic heterocycles. The van der Waals surface area contributed by atoms with Crippen LogP contribution in [0.4, 0.5) is 0 Å². The molecule has 1 unspecified atom stereocenters. The SMILES string of the molecule is CCNC(=NCC(C)C)NCC(Cc1ccccc1)N(C)C.I. The van der Waals surface area contributed by atoms with Crippen LogP contribution >= 0.6 is 24.0 Å². The van der Waals surface area contributed by atoms with Crippen molar-refractivity contribution >= 4 is 29.9 Å². The first-order chi connectivity index (χ1) is 10.5. The fraction of sp³-hybridized carbons (Fsp3) is 0.611. The summed E-state index contributed by atoms with van der Waals surface area (Å²) >= 11 is 0. The Bertz CT molecular complexity index is 432. The molecular weight excluding hydrogens is 399 g/mol. The standard InChI is InChI=1S/C18H32N4.HI/c1-6-19-18(20-13-15(2)3)21-14-17(22(4)5)12-16-10-8-7-9-11-16;/h7-11,15,17H,6,12-14H2,1-5H3,(H2,19,20,21);1H. The normalized spacial score (nSPS) is 12.9. The van der Waals surface area contributed by atoms with E-state index in [2.05, 4.69) is 85.7 Å². The molecule has 1 aromatic carbocycles. The molecule has 0 aliphatic carbocycles. The maximum Gasteiger partial charge on any atom is 0.191 e. The predicted molar refractivity (Wildman–Crippen MR) is 112 cm³/mol. The quantitative estimate of drug-likeness (QED) is 0.377. The van der Waals surface area contributed by atoms with Crippen molar-refractivity contribution < 1.29 is 0 Å². The molecule has 1 rings (SSSR count). The molecule has 0 heterocycles. The third-order valence-corrected chi connectivity index (χ3v) is 3.51. The van der Waals surface area contributed by atoms with Gasteiger partial charge in [0.15, 0.2) is 5.96 Å². The molecule has 23 heavy (non-hydrogen) atoms. The Kier molecular flexibility index (Phi) is 12.1. The number of hydrogen-bond donors (Lipinski definition) is 2. The second kappa shape index (κ2) is 12.6. The average Bonchev–Trinajstić information content (AvgIpc) is 2.49. The van der Waals surface area contributed by atoms with Crippen molar-refractivity contribution in [1.82, 2.24) is 15.5 Å². The summed E-state index contributed by atoms with van der Waals surface area (Å²) in [6.07, 6.45) is 1.03. The van der Waals surface area contributed by atoms with Crippen LogP contribution in [0.25, 0.3) is 0 Å². The van der Waals surface area contributed by atoms with Crippen molar-refractivity contribution in [3.05, 3.63) is 35.9 Å². The van der Waals surface area contributed by atoms with Crippen LogP contribution in [0, 0.1) is 5.92 Å². The molecule has 132 valence electrons. The maximum absolute atomic E-state index is 4.63. The molecule has 0 radical (unpaired) electrons. The van der Waals surface area contributed by atoms with Gasteiger partial charge >= 0.3 is 0 Å². The molecule has 5 heteroatoms. The Morgan fingerprint density at radius 2 is 1.78 bits per heavy atom. The number of likely N-dealkylation sites (N-methyl/N-ethyl adjacent to an activating group) is 1. The van der Waals surface area contributed by atoms with E-state index >= 15 is 0 Å². The molecule has 0 fully saturated rings. The van der Waals surface area contributed by atoms with Crippen molar-refractivity contribution in [2.45, 2.75) is 33.2 Å². The highest BCUT2D eigenvalue weighted by Crippen LogP contribution is 2.06. The maximum atomic E-state index is 4.63. The molecule has 0 saturated heterocycles. The number of nitrogens with zero attached hydrogens (tertiary/aromatic N) is 2. The lowest BCUT2D eigenvalue weighted by atomic mass is 10.1. The average molecular weight is 432 g/mol. The summed E-state index contributed by atoms with van der Waals surface area (Å²) in [5.41, 5.74) is 1.37. The summed E-state index contributed by atoms with van der Waals surface area (Å²) in [5.74, 6) is 1.49. The van der Waals surface area contributed by atoms with Crippen LogP contribution in [0.2, 0.25) is 0 Å². The van der Waals surface area contributed by atoms with Crippen molar-refractivity contribution in [1.29, 1.82) is 0 Å². The van der Waals surface area contributed by atoms with E-state index in [4.69, 9.17) is 0 Å². The van der Waals surface area contributed by atoms with Gasteiger partial charge in [0, 0.05) is 25.7 Å². The van der Waals surface area contributed by atoms with Gasteiger partial charge in [0.25, 0.3) is 0 Å². The molecule has 4 nitrogen and oxygen atoms in total. The summed E-state index contributed by atoms with van der Waals surface area (Å²) in [4.78, 5) is 6.90. The van der Waals surface area contributed by atoms with E-state index in [1.807, 2.05) is 0 Å². The van der Waals surface area contributed by atoms with Crippen molar-refractivity contribution in [3.8, 4) is 0 Å². The van der Waals surface area contributed by atoms with Gasteiger partial charge in [-0.05, 0) is 38.9 Å². The first kappa shape index (κ1) is 22.2. The largest absolute Gasteiger partial charge is 0.357 e.